The maximum Gasteiger partial charge on any atom is 0.310 e. The van der Waals surface area contributed by atoms with Crippen LogP contribution in [-0.4, -0.2) is 26.3 Å². The van der Waals surface area contributed by atoms with Crippen LogP contribution in [0.1, 0.15) is 81.8 Å². The van der Waals surface area contributed by atoms with Gasteiger partial charge in [0.05, 0.1) is 5.41 Å². The molecular weight excluding hydrogens is 266 g/mol. The molecule has 116 valence electrons. The first-order chi connectivity index (χ1) is 10.2. The average molecular weight is 291 g/mol. The molecule has 0 bridgehead atoms. The Morgan fingerprint density at radius 2 is 1.81 bits per heavy atom. The number of carbonyl (C=O) groups is 1. The number of nitrogens with zero attached hydrogens (tertiary/aromatic N) is 2. The summed E-state index contributed by atoms with van der Waals surface area (Å²) in [6, 6.07) is 0. The number of aliphatic carboxylic acids is 1. The number of aromatic amines is 1. The van der Waals surface area contributed by atoms with Gasteiger partial charge in [-0.25, -0.2) is 4.98 Å². The van der Waals surface area contributed by atoms with Crippen molar-refractivity contribution in [2.45, 2.75) is 76.5 Å². The van der Waals surface area contributed by atoms with E-state index < -0.39 is 11.4 Å². The topological polar surface area (TPSA) is 78.9 Å². The van der Waals surface area contributed by atoms with Gasteiger partial charge in [0.15, 0.2) is 5.82 Å². The van der Waals surface area contributed by atoms with Gasteiger partial charge in [-0.15, -0.1) is 0 Å². The number of rotatable bonds is 4. The van der Waals surface area contributed by atoms with Crippen LogP contribution in [0.2, 0.25) is 0 Å². The maximum absolute atomic E-state index is 11.7. The van der Waals surface area contributed by atoms with Crippen molar-refractivity contribution in [2.24, 2.45) is 5.41 Å². The lowest BCUT2D eigenvalue weighted by atomic mass is 9.71. The molecule has 0 amide bonds. The molecule has 1 aromatic heterocycles. The zero-order chi connectivity index (χ0) is 14.7. The largest absolute Gasteiger partial charge is 0.481 e. The van der Waals surface area contributed by atoms with Crippen LogP contribution >= 0.6 is 0 Å². The van der Waals surface area contributed by atoms with E-state index in [1.54, 1.807) is 0 Å². The van der Waals surface area contributed by atoms with Gasteiger partial charge in [0, 0.05) is 12.3 Å². The molecule has 0 saturated heterocycles. The number of aromatic nitrogens is 3. The molecule has 2 aliphatic carbocycles. The number of hydrogen-bond donors (Lipinski definition) is 2. The van der Waals surface area contributed by atoms with Crippen LogP contribution in [0.25, 0.3) is 0 Å². The summed E-state index contributed by atoms with van der Waals surface area (Å²) in [6.45, 7) is 0. The third-order valence-corrected chi connectivity index (χ3v) is 5.29. The molecule has 2 saturated carbocycles. The molecule has 0 unspecified atom stereocenters. The highest BCUT2D eigenvalue weighted by Gasteiger charge is 2.40. The van der Waals surface area contributed by atoms with Crippen molar-refractivity contribution in [3.05, 3.63) is 11.6 Å². The van der Waals surface area contributed by atoms with Crippen molar-refractivity contribution in [2.75, 3.05) is 0 Å². The Kier molecular flexibility index (Phi) is 4.27. The predicted octanol–water partition coefficient (Wildman–Crippen LogP) is 3.43. The minimum absolute atomic E-state index is 0.468. The number of H-pyrrole nitrogens is 1. The van der Waals surface area contributed by atoms with Crippen molar-refractivity contribution in [1.29, 1.82) is 0 Å². The Balaban J connectivity index is 1.71. The van der Waals surface area contributed by atoms with E-state index in [0.29, 0.717) is 12.3 Å². The lowest BCUT2D eigenvalue weighted by molar-refractivity contribution is -0.151. The molecular formula is C16H25N3O2. The third kappa shape index (κ3) is 3.11. The summed E-state index contributed by atoms with van der Waals surface area (Å²) in [7, 11) is 0. The van der Waals surface area contributed by atoms with Crippen LogP contribution in [0.3, 0.4) is 0 Å². The first-order valence-corrected chi connectivity index (χ1v) is 8.34. The summed E-state index contributed by atoms with van der Waals surface area (Å²) in [5.74, 6) is 1.47. The molecule has 0 spiro atoms. The van der Waals surface area contributed by atoms with Gasteiger partial charge >= 0.3 is 5.97 Å². The summed E-state index contributed by atoms with van der Waals surface area (Å²) >= 11 is 0. The quantitative estimate of drug-likeness (QED) is 0.890. The summed E-state index contributed by atoms with van der Waals surface area (Å²) in [6.07, 6.45) is 11.4. The normalized spacial score (nSPS) is 23.0. The molecule has 0 radical (unpaired) electrons. The van der Waals surface area contributed by atoms with E-state index in [0.717, 1.165) is 43.8 Å². The number of hydrogen-bond acceptors (Lipinski definition) is 3. The molecule has 0 aliphatic heterocycles. The fourth-order valence-corrected chi connectivity index (χ4v) is 3.95. The van der Waals surface area contributed by atoms with Gasteiger partial charge in [-0.2, -0.15) is 5.10 Å². The van der Waals surface area contributed by atoms with Gasteiger partial charge in [0.2, 0.25) is 0 Å². The van der Waals surface area contributed by atoms with Crippen LogP contribution in [0, 0.1) is 5.41 Å². The average Bonchev–Trinajstić information content (AvgIpc) is 2.97. The predicted molar refractivity (Wildman–Crippen MR) is 79.1 cm³/mol. The van der Waals surface area contributed by atoms with E-state index in [1.165, 1.54) is 32.1 Å². The third-order valence-electron chi connectivity index (χ3n) is 5.29. The molecule has 1 aromatic rings. The SMILES string of the molecule is O=C(O)C1(Cc2nc(C3CCCCC3)n[nH]2)CCCCC1. The standard InChI is InChI=1S/C16H25N3O2/c20-15(21)16(9-5-2-6-10-16)11-13-17-14(19-18-13)12-7-3-1-4-8-12/h12H,1-11H2,(H,20,21)(H,17,18,19). The second-order valence-electron chi connectivity index (χ2n) is 6.80. The van der Waals surface area contributed by atoms with Crippen molar-refractivity contribution in [3.63, 3.8) is 0 Å². The van der Waals surface area contributed by atoms with Crippen molar-refractivity contribution < 1.29 is 9.90 Å². The maximum atomic E-state index is 11.7. The zero-order valence-electron chi connectivity index (χ0n) is 12.6. The van der Waals surface area contributed by atoms with Crippen LogP contribution in [0.15, 0.2) is 0 Å². The fourth-order valence-electron chi connectivity index (χ4n) is 3.95. The van der Waals surface area contributed by atoms with Gasteiger partial charge in [0.1, 0.15) is 5.82 Å². The van der Waals surface area contributed by atoms with Gasteiger partial charge < -0.3 is 5.11 Å². The zero-order valence-corrected chi connectivity index (χ0v) is 12.6. The first-order valence-electron chi connectivity index (χ1n) is 8.34. The Morgan fingerprint density at radius 1 is 1.14 bits per heavy atom. The van der Waals surface area contributed by atoms with Crippen LogP contribution < -0.4 is 0 Å². The summed E-state index contributed by atoms with van der Waals surface area (Å²) in [5, 5.41) is 17.0. The summed E-state index contributed by atoms with van der Waals surface area (Å²) in [4.78, 5) is 16.4. The molecule has 3 rings (SSSR count). The van der Waals surface area contributed by atoms with E-state index in [-0.39, 0.29) is 0 Å². The molecule has 2 fully saturated rings. The summed E-state index contributed by atoms with van der Waals surface area (Å²) in [5.41, 5.74) is -0.623. The minimum Gasteiger partial charge on any atom is -0.481 e. The Labute approximate surface area is 125 Å². The van der Waals surface area contributed by atoms with Crippen LogP contribution in [-0.2, 0) is 11.2 Å². The number of carboxylic acid groups (broad SMARTS) is 1. The second-order valence-corrected chi connectivity index (χ2v) is 6.80. The smallest absolute Gasteiger partial charge is 0.310 e. The highest BCUT2D eigenvalue weighted by molar-refractivity contribution is 5.75. The molecule has 1 heterocycles. The summed E-state index contributed by atoms with van der Waals surface area (Å²) < 4.78 is 0. The molecule has 0 aromatic carbocycles. The van der Waals surface area contributed by atoms with Crippen molar-refractivity contribution in [1.82, 2.24) is 15.2 Å². The van der Waals surface area contributed by atoms with E-state index in [9.17, 15) is 9.90 Å². The highest BCUT2D eigenvalue weighted by atomic mass is 16.4. The Bertz CT molecular complexity index is 485. The number of carboxylic acids is 1. The number of nitrogens with one attached hydrogen (secondary N) is 1. The van der Waals surface area contributed by atoms with Crippen LogP contribution in [0.5, 0.6) is 0 Å². The van der Waals surface area contributed by atoms with Gasteiger partial charge in [-0.3, -0.25) is 9.89 Å². The van der Waals surface area contributed by atoms with Gasteiger partial charge in [0.25, 0.3) is 0 Å². The van der Waals surface area contributed by atoms with E-state index >= 15 is 0 Å². The Hall–Kier alpha value is -1.39. The lowest BCUT2D eigenvalue weighted by Gasteiger charge is -2.32. The van der Waals surface area contributed by atoms with E-state index in [4.69, 9.17) is 0 Å². The molecule has 21 heavy (non-hydrogen) atoms. The van der Waals surface area contributed by atoms with Gasteiger partial charge in [-0.1, -0.05) is 38.5 Å². The Morgan fingerprint density at radius 3 is 2.48 bits per heavy atom. The van der Waals surface area contributed by atoms with Crippen LogP contribution in [0.4, 0.5) is 0 Å². The van der Waals surface area contributed by atoms with Gasteiger partial charge in [-0.05, 0) is 25.7 Å². The molecule has 0 atom stereocenters. The first kappa shape index (κ1) is 14.5. The molecule has 5 nitrogen and oxygen atoms in total. The molecule has 2 N–H and O–H groups in total. The monoisotopic (exact) mass is 291 g/mol. The minimum atomic E-state index is -0.669. The second kappa shape index (κ2) is 6.16. The highest BCUT2D eigenvalue weighted by Crippen LogP contribution is 2.39. The fraction of sp³-hybridized carbons (Fsp3) is 0.812. The molecule has 5 heteroatoms. The van der Waals surface area contributed by atoms with Crippen molar-refractivity contribution in [3.8, 4) is 0 Å². The van der Waals surface area contributed by atoms with Crippen molar-refractivity contribution >= 4 is 5.97 Å². The molecule has 2 aliphatic rings. The lowest BCUT2D eigenvalue weighted by Crippen LogP contribution is -2.35. The van der Waals surface area contributed by atoms with E-state index in [1.807, 2.05) is 0 Å². The van der Waals surface area contributed by atoms with E-state index in [2.05, 4.69) is 15.2 Å².